The lowest BCUT2D eigenvalue weighted by Crippen LogP contribution is -2.44. The molecule has 0 aliphatic carbocycles. The number of ether oxygens (including phenoxy) is 1. The van der Waals surface area contributed by atoms with Crippen LogP contribution in [0.15, 0.2) is 29.2 Å². The van der Waals surface area contributed by atoms with Gasteiger partial charge in [0, 0.05) is 6.54 Å². The van der Waals surface area contributed by atoms with E-state index in [4.69, 9.17) is 4.74 Å². The topological polar surface area (TPSA) is 119 Å². The number of urea groups is 1. The molecule has 8 nitrogen and oxygen atoms in total. The molecule has 1 aromatic carbocycles. The molecule has 1 aromatic rings. The molecule has 0 bridgehead atoms. The van der Waals surface area contributed by atoms with Gasteiger partial charge in [-0.3, -0.25) is 14.9 Å². The number of sulfone groups is 1. The summed E-state index contributed by atoms with van der Waals surface area (Å²) in [5.41, 5.74) is 0. The van der Waals surface area contributed by atoms with Crippen molar-refractivity contribution in [3.8, 4) is 0 Å². The SMILES string of the molecule is CCNC(=O)NC(=O)[C@H](C)OC(=O)CCS(=O)(=O)c1ccc(F)cc1. The average Bonchev–Trinajstić information content (AvgIpc) is 2.53. The number of benzene rings is 1. The number of carbonyl (C=O) groups excluding carboxylic acids is 3. The van der Waals surface area contributed by atoms with Gasteiger partial charge in [0.15, 0.2) is 15.9 Å². The maximum atomic E-state index is 12.8. The number of imide groups is 1. The van der Waals surface area contributed by atoms with Crippen LogP contribution in [0.2, 0.25) is 0 Å². The second-order valence-corrected chi connectivity index (χ2v) is 7.11. The third-order valence-corrected chi connectivity index (χ3v) is 4.73. The predicted molar refractivity (Wildman–Crippen MR) is 85.8 cm³/mol. The molecule has 10 heteroatoms. The van der Waals surface area contributed by atoms with Crippen LogP contribution in [-0.4, -0.2) is 44.7 Å². The molecular formula is C15H19FN2O6S. The summed E-state index contributed by atoms with van der Waals surface area (Å²) >= 11 is 0. The van der Waals surface area contributed by atoms with Crippen LogP contribution in [0.25, 0.3) is 0 Å². The zero-order chi connectivity index (χ0) is 19.0. The zero-order valence-electron chi connectivity index (χ0n) is 13.7. The van der Waals surface area contributed by atoms with Crippen LogP contribution in [-0.2, 0) is 24.2 Å². The molecule has 138 valence electrons. The number of nitrogens with one attached hydrogen (secondary N) is 2. The number of carbonyl (C=O) groups is 3. The van der Waals surface area contributed by atoms with Gasteiger partial charge < -0.3 is 10.1 Å². The molecule has 2 N–H and O–H groups in total. The van der Waals surface area contributed by atoms with Crippen LogP contribution < -0.4 is 10.6 Å². The van der Waals surface area contributed by atoms with E-state index < -0.39 is 51.8 Å². The van der Waals surface area contributed by atoms with Crippen molar-refractivity contribution >= 4 is 27.7 Å². The number of rotatable bonds is 7. The van der Waals surface area contributed by atoms with Gasteiger partial charge in [-0.05, 0) is 38.1 Å². The van der Waals surface area contributed by atoms with Crippen molar-refractivity contribution in [2.45, 2.75) is 31.3 Å². The van der Waals surface area contributed by atoms with Gasteiger partial charge in [0.05, 0.1) is 17.1 Å². The van der Waals surface area contributed by atoms with Crippen LogP contribution in [0.5, 0.6) is 0 Å². The largest absolute Gasteiger partial charge is 0.453 e. The predicted octanol–water partition coefficient (Wildman–Crippen LogP) is 0.767. The third kappa shape index (κ3) is 6.87. The monoisotopic (exact) mass is 374 g/mol. The van der Waals surface area contributed by atoms with Gasteiger partial charge in [0.2, 0.25) is 0 Å². The van der Waals surface area contributed by atoms with Crippen LogP contribution in [0.1, 0.15) is 20.3 Å². The van der Waals surface area contributed by atoms with E-state index in [1.165, 1.54) is 6.92 Å². The number of halogens is 1. The molecule has 1 rings (SSSR count). The van der Waals surface area contributed by atoms with Gasteiger partial charge in [-0.15, -0.1) is 0 Å². The minimum Gasteiger partial charge on any atom is -0.453 e. The van der Waals surface area contributed by atoms with Gasteiger partial charge in [0.25, 0.3) is 5.91 Å². The first kappa shape index (κ1) is 20.6. The molecule has 3 amide bonds. The van der Waals surface area contributed by atoms with E-state index in [1.54, 1.807) is 6.92 Å². The minimum atomic E-state index is -3.79. The first-order valence-electron chi connectivity index (χ1n) is 7.42. The molecule has 0 spiro atoms. The Morgan fingerprint density at radius 2 is 1.80 bits per heavy atom. The maximum Gasteiger partial charge on any atom is 0.321 e. The number of esters is 1. The smallest absolute Gasteiger partial charge is 0.321 e. The molecule has 0 fully saturated rings. The number of amides is 3. The van der Waals surface area contributed by atoms with Gasteiger partial charge in [-0.1, -0.05) is 0 Å². The molecule has 0 unspecified atom stereocenters. The van der Waals surface area contributed by atoms with Gasteiger partial charge in [-0.2, -0.15) is 0 Å². The van der Waals surface area contributed by atoms with Crippen molar-refractivity contribution in [1.29, 1.82) is 0 Å². The van der Waals surface area contributed by atoms with Crippen molar-refractivity contribution in [2.75, 3.05) is 12.3 Å². The summed E-state index contributed by atoms with van der Waals surface area (Å²) in [5, 5.41) is 4.30. The first-order valence-corrected chi connectivity index (χ1v) is 9.07. The number of hydrogen-bond donors (Lipinski definition) is 2. The summed E-state index contributed by atoms with van der Waals surface area (Å²) in [7, 11) is -3.79. The summed E-state index contributed by atoms with van der Waals surface area (Å²) in [6.45, 7) is 3.23. The van der Waals surface area contributed by atoms with E-state index in [2.05, 4.69) is 5.32 Å². The van der Waals surface area contributed by atoms with E-state index >= 15 is 0 Å². The molecular weight excluding hydrogens is 355 g/mol. The van der Waals surface area contributed by atoms with E-state index in [9.17, 15) is 27.2 Å². The van der Waals surface area contributed by atoms with Crippen molar-refractivity contribution in [2.24, 2.45) is 0 Å². The van der Waals surface area contributed by atoms with E-state index in [-0.39, 0.29) is 4.90 Å². The van der Waals surface area contributed by atoms with E-state index in [0.717, 1.165) is 24.3 Å². The lowest BCUT2D eigenvalue weighted by Gasteiger charge is -2.13. The highest BCUT2D eigenvalue weighted by molar-refractivity contribution is 7.91. The quantitative estimate of drug-likeness (QED) is 0.537. The van der Waals surface area contributed by atoms with Crippen molar-refractivity contribution in [1.82, 2.24) is 10.6 Å². The highest BCUT2D eigenvalue weighted by atomic mass is 32.2. The summed E-state index contributed by atoms with van der Waals surface area (Å²) in [6.07, 6.45) is -1.75. The molecule has 0 aliphatic rings. The molecule has 1 atom stereocenters. The maximum absolute atomic E-state index is 12.8. The number of hydrogen-bond acceptors (Lipinski definition) is 6. The molecule has 0 radical (unpaired) electrons. The zero-order valence-corrected chi connectivity index (χ0v) is 14.6. The standard InChI is InChI=1S/C15H19FN2O6S/c1-3-17-15(21)18-14(20)10(2)24-13(19)8-9-25(22,23)12-6-4-11(16)5-7-12/h4-7,10H,3,8-9H2,1-2H3,(H2,17,18,20,21)/t10-/m0/s1. The Labute approximate surface area is 144 Å². The van der Waals surface area contributed by atoms with Crippen molar-refractivity contribution in [3.63, 3.8) is 0 Å². The summed E-state index contributed by atoms with van der Waals surface area (Å²) in [5.74, 6) is -2.88. The van der Waals surface area contributed by atoms with Crippen LogP contribution in [0.4, 0.5) is 9.18 Å². The molecule has 0 heterocycles. The molecule has 0 saturated carbocycles. The Morgan fingerprint density at radius 3 is 2.36 bits per heavy atom. The normalized spacial score (nSPS) is 12.1. The highest BCUT2D eigenvalue weighted by Gasteiger charge is 2.22. The van der Waals surface area contributed by atoms with E-state index in [1.807, 2.05) is 5.32 Å². The summed E-state index contributed by atoms with van der Waals surface area (Å²) in [6, 6.07) is 3.46. The average molecular weight is 374 g/mol. The Morgan fingerprint density at radius 1 is 1.20 bits per heavy atom. The Hall–Kier alpha value is -2.49. The van der Waals surface area contributed by atoms with Gasteiger partial charge in [0.1, 0.15) is 5.82 Å². The van der Waals surface area contributed by atoms with Crippen molar-refractivity contribution < 1.29 is 31.9 Å². The minimum absolute atomic E-state index is 0.122. The van der Waals surface area contributed by atoms with Crippen LogP contribution >= 0.6 is 0 Å². The Balaban J connectivity index is 2.52. The molecule has 0 aliphatic heterocycles. The van der Waals surface area contributed by atoms with E-state index in [0.29, 0.717) is 6.54 Å². The lowest BCUT2D eigenvalue weighted by molar-refractivity contribution is -0.154. The Kier molecular flexibility index (Phi) is 7.49. The Bertz CT molecular complexity index is 733. The second-order valence-electron chi connectivity index (χ2n) is 5.00. The van der Waals surface area contributed by atoms with Crippen LogP contribution in [0, 0.1) is 5.82 Å². The molecule has 0 aromatic heterocycles. The third-order valence-electron chi connectivity index (χ3n) is 3.00. The van der Waals surface area contributed by atoms with Crippen molar-refractivity contribution in [3.05, 3.63) is 30.1 Å². The second kappa shape index (κ2) is 9.11. The van der Waals surface area contributed by atoms with Gasteiger partial charge >= 0.3 is 12.0 Å². The first-order chi connectivity index (χ1) is 11.7. The molecule has 25 heavy (non-hydrogen) atoms. The van der Waals surface area contributed by atoms with Gasteiger partial charge in [-0.25, -0.2) is 17.6 Å². The summed E-state index contributed by atoms with van der Waals surface area (Å²) in [4.78, 5) is 34.4. The van der Waals surface area contributed by atoms with Crippen LogP contribution in [0.3, 0.4) is 0 Å². The fraction of sp³-hybridized carbons (Fsp3) is 0.400. The lowest BCUT2D eigenvalue weighted by atomic mass is 10.3. The summed E-state index contributed by atoms with van der Waals surface area (Å²) < 4.78 is 41.6. The highest BCUT2D eigenvalue weighted by Crippen LogP contribution is 2.13. The fourth-order valence-electron chi connectivity index (χ4n) is 1.71. The fourth-order valence-corrected chi connectivity index (χ4v) is 2.93. The molecule has 0 saturated heterocycles.